The van der Waals surface area contributed by atoms with Crippen LogP contribution in [0, 0.1) is 5.92 Å². The number of likely N-dealkylation sites (tertiary alicyclic amines) is 1. The largest absolute Gasteiger partial charge is 0.490 e. The minimum atomic E-state index is -5.08. The van der Waals surface area contributed by atoms with Gasteiger partial charge in [0.25, 0.3) is 0 Å². The number of morpholine rings is 1. The minimum Gasteiger partial charge on any atom is -0.475 e. The highest BCUT2D eigenvalue weighted by Gasteiger charge is 2.43. The molecule has 9 nitrogen and oxygen atoms in total. The van der Waals surface area contributed by atoms with Crippen molar-refractivity contribution in [3.8, 4) is 0 Å². The van der Waals surface area contributed by atoms with E-state index in [2.05, 4.69) is 42.6 Å². The van der Waals surface area contributed by atoms with Gasteiger partial charge in [-0.1, -0.05) is 13.8 Å². The summed E-state index contributed by atoms with van der Waals surface area (Å²) in [4.78, 5) is 37.4. The van der Waals surface area contributed by atoms with Gasteiger partial charge in [-0.05, 0) is 39.8 Å². The number of halogens is 6. The molecule has 0 atom stereocenters. The molecule has 2 N–H and O–H groups in total. The Balaban J connectivity index is 0.000000761. The van der Waals surface area contributed by atoms with Gasteiger partial charge in [0.1, 0.15) is 0 Å². The second-order valence-electron chi connectivity index (χ2n) is 9.01. The van der Waals surface area contributed by atoms with E-state index >= 15 is 0 Å². The predicted octanol–water partition coefficient (Wildman–Crippen LogP) is 2.94. The average molecular weight is 554 g/mol. The highest BCUT2D eigenvalue weighted by atomic mass is 19.4. The maximum Gasteiger partial charge on any atom is 0.490 e. The molecule has 2 rings (SSSR count). The Morgan fingerprint density at radius 1 is 0.919 bits per heavy atom. The van der Waals surface area contributed by atoms with E-state index < -0.39 is 24.3 Å². The van der Waals surface area contributed by atoms with Crippen molar-refractivity contribution in [3.63, 3.8) is 0 Å². The zero-order chi connectivity index (χ0) is 29.0. The number of aliphatic carboxylic acids is 2. The molecule has 2 fully saturated rings. The molecule has 37 heavy (non-hydrogen) atoms. The van der Waals surface area contributed by atoms with Gasteiger partial charge in [-0.2, -0.15) is 26.3 Å². The average Bonchev–Trinajstić information content (AvgIpc) is 2.79. The van der Waals surface area contributed by atoms with E-state index in [1.165, 1.54) is 0 Å². The smallest absolute Gasteiger partial charge is 0.475 e. The topological polar surface area (TPSA) is 111 Å². The van der Waals surface area contributed by atoms with Crippen LogP contribution in [-0.4, -0.2) is 121 Å². The first-order valence-electron chi connectivity index (χ1n) is 11.8. The molecular weight excluding hydrogens is 516 g/mol. The van der Waals surface area contributed by atoms with Crippen LogP contribution in [0.25, 0.3) is 0 Å². The lowest BCUT2D eigenvalue weighted by molar-refractivity contribution is -0.193. The maximum absolute atomic E-state index is 12.6. The second-order valence-corrected chi connectivity index (χ2v) is 9.01. The van der Waals surface area contributed by atoms with Gasteiger partial charge in [-0.15, -0.1) is 0 Å². The molecule has 0 radical (unpaired) electrons. The first-order valence-corrected chi connectivity index (χ1v) is 11.8. The number of likely N-dealkylation sites (N-methyl/N-ethyl adjacent to an activating group) is 1. The van der Waals surface area contributed by atoms with Crippen LogP contribution in [0.3, 0.4) is 0 Å². The number of carboxylic acid groups (broad SMARTS) is 2. The normalized spacial score (nSPS) is 18.1. The Labute approximate surface area is 212 Å². The Morgan fingerprint density at radius 3 is 1.70 bits per heavy atom. The Kier molecular flexibility index (Phi) is 14.4. The van der Waals surface area contributed by atoms with Gasteiger partial charge in [0.15, 0.2) is 0 Å². The third-order valence-electron chi connectivity index (χ3n) is 6.19. The van der Waals surface area contributed by atoms with E-state index in [-0.39, 0.29) is 11.5 Å². The molecule has 0 aromatic heterocycles. The zero-order valence-corrected chi connectivity index (χ0v) is 21.5. The standard InChI is InChI=1S/C18H35N3O2.2C2HF3O2/c1-5-16(6-2)17(22)20-9-7-18(8-10-20)15-23-14-13-21(18)12-11-19(3)4;2*3-2(4,5)1(6)7/h16H,5-15H2,1-4H3;2*(H,6,7). The fourth-order valence-electron chi connectivity index (χ4n) is 3.94. The van der Waals surface area contributed by atoms with Crippen molar-refractivity contribution in [1.29, 1.82) is 0 Å². The van der Waals surface area contributed by atoms with Crippen molar-refractivity contribution in [2.24, 2.45) is 5.92 Å². The van der Waals surface area contributed by atoms with Gasteiger partial charge in [0.05, 0.1) is 13.2 Å². The predicted molar refractivity (Wildman–Crippen MR) is 121 cm³/mol. The third kappa shape index (κ3) is 12.3. The van der Waals surface area contributed by atoms with Crippen LogP contribution in [0.1, 0.15) is 39.5 Å². The van der Waals surface area contributed by atoms with E-state index in [9.17, 15) is 31.1 Å². The van der Waals surface area contributed by atoms with Gasteiger partial charge < -0.3 is 24.7 Å². The van der Waals surface area contributed by atoms with Crippen LogP contribution in [0.5, 0.6) is 0 Å². The summed E-state index contributed by atoms with van der Waals surface area (Å²) >= 11 is 0. The molecule has 0 saturated carbocycles. The Bertz CT molecular complexity index is 697. The number of ether oxygens (including phenoxy) is 1. The van der Waals surface area contributed by atoms with Crippen LogP contribution in [0.15, 0.2) is 0 Å². The summed E-state index contributed by atoms with van der Waals surface area (Å²) < 4.78 is 69.3. The number of hydrogen-bond donors (Lipinski definition) is 2. The molecule has 218 valence electrons. The Morgan fingerprint density at radius 2 is 1.35 bits per heavy atom. The molecule has 0 bridgehead atoms. The summed E-state index contributed by atoms with van der Waals surface area (Å²) in [6.07, 6.45) is -6.16. The molecule has 2 aliphatic heterocycles. The summed E-state index contributed by atoms with van der Waals surface area (Å²) in [7, 11) is 4.26. The minimum absolute atomic E-state index is 0.152. The van der Waals surface area contributed by atoms with Crippen LogP contribution < -0.4 is 0 Å². The number of carbonyl (C=O) groups excluding carboxylic acids is 1. The van der Waals surface area contributed by atoms with E-state index in [4.69, 9.17) is 24.5 Å². The van der Waals surface area contributed by atoms with E-state index in [0.29, 0.717) is 5.91 Å². The number of carboxylic acids is 2. The van der Waals surface area contributed by atoms with Crippen molar-refractivity contribution < 1.29 is 55.7 Å². The number of hydrogen-bond acceptors (Lipinski definition) is 6. The summed E-state index contributed by atoms with van der Waals surface area (Å²) in [6.45, 7) is 10.9. The highest BCUT2D eigenvalue weighted by Crippen LogP contribution is 2.32. The summed E-state index contributed by atoms with van der Waals surface area (Å²) in [6, 6.07) is 0. The third-order valence-corrected chi connectivity index (χ3v) is 6.19. The van der Waals surface area contributed by atoms with Crippen molar-refractivity contribution in [3.05, 3.63) is 0 Å². The molecular formula is C22H37F6N3O6. The van der Waals surface area contributed by atoms with E-state index in [1.807, 2.05) is 0 Å². The quantitative estimate of drug-likeness (QED) is 0.484. The number of nitrogens with zero attached hydrogens (tertiary/aromatic N) is 3. The number of carbonyl (C=O) groups is 3. The number of alkyl halides is 6. The molecule has 1 amide bonds. The van der Waals surface area contributed by atoms with Crippen LogP contribution in [-0.2, 0) is 19.1 Å². The highest BCUT2D eigenvalue weighted by molar-refractivity contribution is 5.78. The van der Waals surface area contributed by atoms with Gasteiger partial charge >= 0.3 is 24.3 Å². The SMILES string of the molecule is CCC(CC)C(=O)N1CCC2(CC1)COCCN2CCN(C)C.O=C(O)C(F)(F)F.O=C(O)C(F)(F)F. The molecule has 2 saturated heterocycles. The van der Waals surface area contributed by atoms with Crippen molar-refractivity contribution in [2.45, 2.75) is 57.4 Å². The summed E-state index contributed by atoms with van der Waals surface area (Å²) in [5.74, 6) is -4.95. The first-order chi connectivity index (χ1) is 16.9. The molecule has 2 heterocycles. The molecule has 0 aromatic carbocycles. The molecule has 0 aromatic rings. The number of rotatable bonds is 6. The Hall–Kier alpha value is -2.13. The van der Waals surface area contributed by atoms with Gasteiger partial charge in [-0.3, -0.25) is 9.69 Å². The zero-order valence-electron chi connectivity index (χ0n) is 21.5. The maximum atomic E-state index is 12.6. The van der Waals surface area contributed by atoms with Crippen molar-refractivity contribution in [1.82, 2.24) is 14.7 Å². The fourth-order valence-corrected chi connectivity index (χ4v) is 3.94. The summed E-state index contributed by atoms with van der Waals surface area (Å²) in [5.41, 5.74) is 0.152. The lowest BCUT2D eigenvalue weighted by Gasteiger charge is -2.51. The van der Waals surface area contributed by atoms with Crippen LogP contribution in [0.2, 0.25) is 0 Å². The molecule has 2 aliphatic rings. The number of piperidine rings is 1. The molecule has 0 unspecified atom stereocenters. The van der Waals surface area contributed by atoms with Gasteiger partial charge in [0.2, 0.25) is 5.91 Å². The monoisotopic (exact) mass is 553 g/mol. The van der Waals surface area contributed by atoms with Crippen LogP contribution >= 0.6 is 0 Å². The van der Waals surface area contributed by atoms with E-state index in [0.717, 1.165) is 71.6 Å². The van der Waals surface area contributed by atoms with Crippen molar-refractivity contribution >= 4 is 17.8 Å². The number of amides is 1. The first kappa shape index (κ1) is 34.9. The van der Waals surface area contributed by atoms with Gasteiger partial charge in [-0.25, -0.2) is 9.59 Å². The lowest BCUT2D eigenvalue weighted by atomic mass is 9.84. The van der Waals surface area contributed by atoms with Gasteiger partial charge in [0, 0.05) is 44.2 Å². The second kappa shape index (κ2) is 15.3. The van der Waals surface area contributed by atoms with E-state index in [1.54, 1.807) is 0 Å². The van der Waals surface area contributed by atoms with Crippen molar-refractivity contribution in [2.75, 3.05) is 60.0 Å². The molecule has 15 heteroatoms. The summed E-state index contributed by atoms with van der Waals surface area (Å²) in [5, 5.41) is 14.2. The fraction of sp³-hybridized carbons (Fsp3) is 0.864. The van der Waals surface area contributed by atoms with Crippen LogP contribution in [0.4, 0.5) is 26.3 Å². The molecule has 1 spiro atoms. The lowest BCUT2D eigenvalue weighted by Crippen LogP contribution is -2.63. The molecule has 0 aliphatic carbocycles.